The molecule has 1 heterocycles. The van der Waals surface area contributed by atoms with Gasteiger partial charge in [-0.05, 0) is 62.8 Å². The van der Waals surface area contributed by atoms with Gasteiger partial charge in [0.2, 0.25) is 0 Å². The van der Waals surface area contributed by atoms with Crippen molar-refractivity contribution in [3.8, 4) is 0 Å². The number of aliphatic hydroxyl groups is 1. The molecule has 1 aliphatic heterocycles. The second-order valence-corrected chi connectivity index (χ2v) is 6.59. The fourth-order valence-corrected chi connectivity index (χ4v) is 4.68. The SMILES string of the molecule is OCCC1CCCCN1CC1CC2CCC1C2. The lowest BCUT2D eigenvalue weighted by Crippen LogP contribution is -2.43. The third-order valence-electron chi connectivity index (χ3n) is 5.56. The topological polar surface area (TPSA) is 23.5 Å². The highest BCUT2D eigenvalue weighted by Gasteiger charge is 2.40. The summed E-state index contributed by atoms with van der Waals surface area (Å²) < 4.78 is 0. The number of nitrogens with zero attached hydrogens (tertiary/aromatic N) is 1. The van der Waals surface area contributed by atoms with Gasteiger partial charge in [0.15, 0.2) is 0 Å². The van der Waals surface area contributed by atoms with E-state index in [0.717, 1.165) is 24.2 Å². The molecule has 0 aromatic carbocycles. The molecular weight excluding hydrogens is 210 g/mol. The molecule has 2 saturated carbocycles. The number of aliphatic hydroxyl groups excluding tert-OH is 1. The quantitative estimate of drug-likeness (QED) is 0.812. The number of fused-ring (bicyclic) bond motifs is 2. The molecule has 4 atom stereocenters. The van der Waals surface area contributed by atoms with Crippen LogP contribution >= 0.6 is 0 Å². The fourth-order valence-electron chi connectivity index (χ4n) is 4.68. The minimum Gasteiger partial charge on any atom is -0.396 e. The number of piperidine rings is 1. The normalized spacial score (nSPS) is 42.2. The molecule has 3 aliphatic rings. The third-order valence-corrected chi connectivity index (χ3v) is 5.56. The van der Waals surface area contributed by atoms with Gasteiger partial charge in [-0.15, -0.1) is 0 Å². The Morgan fingerprint density at radius 2 is 2.00 bits per heavy atom. The van der Waals surface area contributed by atoms with E-state index < -0.39 is 0 Å². The first-order valence-corrected chi connectivity index (χ1v) is 7.71. The van der Waals surface area contributed by atoms with Crippen LogP contribution in [0.15, 0.2) is 0 Å². The average molecular weight is 237 g/mol. The molecule has 2 aliphatic carbocycles. The summed E-state index contributed by atoms with van der Waals surface area (Å²) in [4.78, 5) is 2.71. The van der Waals surface area contributed by atoms with E-state index >= 15 is 0 Å². The molecular formula is C15H27NO. The first-order chi connectivity index (χ1) is 8.36. The molecule has 4 unspecified atom stereocenters. The summed E-state index contributed by atoms with van der Waals surface area (Å²) in [5.41, 5.74) is 0. The van der Waals surface area contributed by atoms with E-state index in [0.29, 0.717) is 12.6 Å². The second-order valence-electron chi connectivity index (χ2n) is 6.59. The molecule has 3 rings (SSSR count). The Kier molecular flexibility index (Phi) is 3.72. The van der Waals surface area contributed by atoms with Crippen molar-refractivity contribution in [1.29, 1.82) is 0 Å². The second kappa shape index (κ2) is 5.27. The number of hydrogen-bond acceptors (Lipinski definition) is 2. The molecule has 2 bridgehead atoms. The van der Waals surface area contributed by atoms with Crippen molar-refractivity contribution in [3.63, 3.8) is 0 Å². The summed E-state index contributed by atoms with van der Waals surface area (Å²) in [6, 6.07) is 0.688. The molecule has 2 heteroatoms. The maximum Gasteiger partial charge on any atom is 0.0445 e. The summed E-state index contributed by atoms with van der Waals surface area (Å²) in [5, 5.41) is 9.18. The zero-order valence-corrected chi connectivity index (χ0v) is 11.0. The van der Waals surface area contributed by atoms with Crippen LogP contribution in [0.25, 0.3) is 0 Å². The summed E-state index contributed by atoms with van der Waals surface area (Å²) in [7, 11) is 0. The van der Waals surface area contributed by atoms with Crippen LogP contribution < -0.4 is 0 Å². The predicted molar refractivity (Wildman–Crippen MR) is 69.9 cm³/mol. The van der Waals surface area contributed by atoms with Gasteiger partial charge < -0.3 is 10.0 Å². The van der Waals surface area contributed by atoms with E-state index in [1.165, 1.54) is 58.0 Å². The lowest BCUT2D eigenvalue weighted by molar-refractivity contribution is 0.0887. The van der Waals surface area contributed by atoms with E-state index in [9.17, 15) is 5.11 Å². The average Bonchev–Trinajstić information content (AvgIpc) is 2.94. The lowest BCUT2D eigenvalue weighted by atomic mass is 9.87. The molecule has 1 N–H and O–H groups in total. The Hall–Kier alpha value is -0.0800. The number of hydrogen-bond donors (Lipinski definition) is 1. The van der Waals surface area contributed by atoms with Crippen molar-refractivity contribution < 1.29 is 5.11 Å². The van der Waals surface area contributed by atoms with E-state index in [-0.39, 0.29) is 0 Å². The highest BCUT2D eigenvalue weighted by molar-refractivity contribution is 4.92. The summed E-state index contributed by atoms with van der Waals surface area (Å²) in [6.45, 7) is 3.00. The number of likely N-dealkylation sites (tertiary alicyclic amines) is 1. The highest BCUT2D eigenvalue weighted by atomic mass is 16.3. The van der Waals surface area contributed by atoms with Crippen molar-refractivity contribution in [2.24, 2.45) is 17.8 Å². The molecule has 98 valence electrons. The molecule has 17 heavy (non-hydrogen) atoms. The first-order valence-electron chi connectivity index (χ1n) is 7.71. The summed E-state index contributed by atoms with van der Waals surface area (Å²) >= 11 is 0. The van der Waals surface area contributed by atoms with Crippen LogP contribution in [0.5, 0.6) is 0 Å². The van der Waals surface area contributed by atoms with E-state index in [1.807, 2.05) is 0 Å². The van der Waals surface area contributed by atoms with Gasteiger partial charge in [0.1, 0.15) is 0 Å². The van der Waals surface area contributed by atoms with Crippen LogP contribution in [-0.2, 0) is 0 Å². The van der Waals surface area contributed by atoms with Crippen molar-refractivity contribution in [3.05, 3.63) is 0 Å². The van der Waals surface area contributed by atoms with Crippen molar-refractivity contribution in [2.75, 3.05) is 19.7 Å². The smallest absolute Gasteiger partial charge is 0.0445 e. The van der Waals surface area contributed by atoms with Crippen LogP contribution in [0, 0.1) is 17.8 Å². The van der Waals surface area contributed by atoms with Crippen LogP contribution in [0.2, 0.25) is 0 Å². The maximum absolute atomic E-state index is 9.18. The first kappa shape index (κ1) is 12.0. The molecule has 0 amide bonds. The molecule has 0 aromatic heterocycles. The van der Waals surface area contributed by atoms with E-state index in [2.05, 4.69) is 4.90 Å². The van der Waals surface area contributed by atoms with Gasteiger partial charge in [0.05, 0.1) is 0 Å². The van der Waals surface area contributed by atoms with Gasteiger partial charge >= 0.3 is 0 Å². The molecule has 0 spiro atoms. The van der Waals surface area contributed by atoms with Crippen molar-refractivity contribution in [2.45, 2.75) is 57.4 Å². The monoisotopic (exact) mass is 237 g/mol. The standard InChI is InChI=1S/C15H27NO/c17-8-6-15-3-1-2-7-16(15)11-14-10-12-4-5-13(14)9-12/h12-15,17H,1-11H2. The Morgan fingerprint density at radius 1 is 1.06 bits per heavy atom. The fraction of sp³-hybridized carbons (Fsp3) is 1.00. The molecule has 1 saturated heterocycles. The molecule has 3 fully saturated rings. The van der Waals surface area contributed by atoms with Gasteiger partial charge in [0, 0.05) is 19.2 Å². The molecule has 2 nitrogen and oxygen atoms in total. The minimum absolute atomic E-state index is 0.373. The Bertz CT molecular complexity index is 253. The van der Waals surface area contributed by atoms with Gasteiger partial charge in [-0.2, -0.15) is 0 Å². The van der Waals surface area contributed by atoms with Crippen LogP contribution in [-0.4, -0.2) is 35.7 Å². The third kappa shape index (κ3) is 2.53. The van der Waals surface area contributed by atoms with Crippen LogP contribution in [0.1, 0.15) is 51.4 Å². The summed E-state index contributed by atoms with van der Waals surface area (Å²) in [5.74, 6) is 3.12. The van der Waals surface area contributed by atoms with E-state index in [4.69, 9.17) is 0 Å². The van der Waals surface area contributed by atoms with Gasteiger partial charge in [0.25, 0.3) is 0 Å². The Morgan fingerprint density at radius 3 is 2.71 bits per heavy atom. The zero-order valence-electron chi connectivity index (χ0n) is 11.0. The minimum atomic E-state index is 0.373. The zero-order chi connectivity index (χ0) is 11.7. The maximum atomic E-state index is 9.18. The van der Waals surface area contributed by atoms with Crippen LogP contribution in [0.3, 0.4) is 0 Å². The molecule has 0 radical (unpaired) electrons. The molecule has 0 aromatic rings. The van der Waals surface area contributed by atoms with Crippen molar-refractivity contribution in [1.82, 2.24) is 4.90 Å². The van der Waals surface area contributed by atoms with Gasteiger partial charge in [-0.25, -0.2) is 0 Å². The Balaban J connectivity index is 1.55. The predicted octanol–water partition coefficient (Wildman–Crippen LogP) is 2.66. The summed E-state index contributed by atoms with van der Waals surface area (Å²) in [6.07, 6.45) is 11.1. The lowest BCUT2D eigenvalue weighted by Gasteiger charge is -2.38. The van der Waals surface area contributed by atoms with Gasteiger partial charge in [-0.1, -0.05) is 12.8 Å². The Labute approximate surface area is 105 Å². The largest absolute Gasteiger partial charge is 0.396 e. The number of rotatable bonds is 4. The van der Waals surface area contributed by atoms with Gasteiger partial charge in [-0.3, -0.25) is 0 Å². The van der Waals surface area contributed by atoms with Crippen LogP contribution in [0.4, 0.5) is 0 Å². The highest BCUT2D eigenvalue weighted by Crippen LogP contribution is 2.48. The van der Waals surface area contributed by atoms with Crippen molar-refractivity contribution >= 4 is 0 Å². The van der Waals surface area contributed by atoms with E-state index in [1.54, 1.807) is 0 Å².